The smallest absolute Gasteiger partial charge is 0.422 e. The third kappa shape index (κ3) is 8.76. The van der Waals surface area contributed by atoms with Gasteiger partial charge in [-0.05, 0) is 44.0 Å². The van der Waals surface area contributed by atoms with E-state index in [-0.39, 0.29) is 12.3 Å². The second-order valence-electron chi connectivity index (χ2n) is 6.44. The van der Waals surface area contributed by atoms with Crippen molar-refractivity contribution in [1.82, 2.24) is 15.5 Å². The van der Waals surface area contributed by atoms with Crippen LogP contribution in [0.15, 0.2) is 12.1 Å². The number of amides is 3. The van der Waals surface area contributed by atoms with Gasteiger partial charge in [0.2, 0.25) is 5.91 Å². The number of ether oxygens (including phenoxy) is 1. The molecule has 0 spiro atoms. The molecule has 0 atom stereocenters. The van der Waals surface area contributed by atoms with Crippen LogP contribution in [0.25, 0.3) is 0 Å². The van der Waals surface area contributed by atoms with Gasteiger partial charge >= 0.3 is 12.2 Å². The van der Waals surface area contributed by atoms with Gasteiger partial charge in [-0.3, -0.25) is 15.0 Å². The Morgan fingerprint density at radius 1 is 1.19 bits per heavy atom. The van der Waals surface area contributed by atoms with Crippen LogP contribution < -0.4 is 15.4 Å². The number of nitrogens with zero attached hydrogens (tertiary/aromatic N) is 1. The molecule has 2 N–H and O–H groups in total. The molecule has 27 heavy (non-hydrogen) atoms. The summed E-state index contributed by atoms with van der Waals surface area (Å²) in [4.78, 5) is 25.0. The fraction of sp³-hybridized carbons (Fsp3) is 0.556. The summed E-state index contributed by atoms with van der Waals surface area (Å²) in [5, 5.41) is 4.78. The van der Waals surface area contributed by atoms with Crippen LogP contribution in [-0.4, -0.2) is 49.8 Å². The Morgan fingerprint density at radius 2 is 1.78 bits per heavy atom. The van der Waals surface area contributed by atoms with Crippen molar-refractivity contribution in [3.63, 3.8) is 0 Å². The third-order valence-electron chi connectivity index (χ3n) is 3.55. The Kier molecular flexibility index (Phi) is 8.55. The third-order valence-corrected chi connectivity index (χ3v) is 3.55. The van der Waals surface area contributed by atoms with Crippen molar-refractivity contribution in [3.8, 4) is 5.75 Å². The molecule has 3 amide bonds. The standard InChI is InChI=1S/C18H26F3N3O3/c1-5-6-22-17(26)23-15(25)10-24(4)9-14-7-12(2)16(13(3)8-14)27-11-18(19,20)21/h7-8H,5-6,9-11H2,1-4H3,(H2,22,23,25,26). The van der Waals surface area contributed by atoms with E-state index in [1.807, 2.05) is 6.92 Å². The zero-order chi connectivity index (χ0) is 20.6. The molecule has 6 nitrogen and oxygen atoms in total. The van der Waals surface area contributed by atoms with Gasteiger partial charge in [0.15, 0.2) is 6.61 Å². The first-order valence-corrected chi connectivity index (χ1v) is 8.57. The summed E-state index contributed by atoms with van der Waals surface area (Å²) in [6.45, 7) is 4.79. The molecule has 0 fully saturated rings. The molecule has 1 aromatic carbocycles. The molecule has 152 valence electrons. The van der Waals surface area contributed by atoms with Crippen LogP contribution in [0.2, 0.25) is 0 Å². The minimum atomic E-state index is -4.39. The molecule has 0 bridgehead atoms. The van der Waals surface area contributed by atoms with E-state index in [1.54, 1.807) is 37.9 Å². The van der Waals surface area contributed by atoms with Gasteiger partial charge in [0.1, 0.15) is 5.75 Å². The number of carbonyl (C=O) groups excluding carboxylic acids is 2. The zero-order valence-corrected chi connectivity index (χ0v) is 16.0. The average Bonchev–Trinajstić information content (AvgIpc) is 2.50. The number of aryl methyl sites for hydroxylation is 2. The van der Waals surface area contributed by atoms with Crippen molar-refractivity contribution in [2.24, 2.45) is 0 Å². The first kappa shape index (κ1) is 22.8. The van der Waals surface area contributed by atoms with Crippen LogP contribution in [-0.2, 0) is 11.3 Å². The van der Waals surface area contributed by atoms with Gasteiger partial charge in [0.05, 0.1) is 6.54 Å². The Hall–Kier alpha value is -2.29. The maximum Gasteiger partial charge on any atom is 0.422 e. The minimum Gasteiger partial charge on any atom is -0.484 e. The van der Waals surface area contributed by atoms with E-state index in [1.165, 1.54) is 0 Å². The lowest BCUT2D eigenvalue weighted by molar-refractivity contribution is -0.153. The van der Waals surface area contributed by atoms with Gasteiger partial charge in [-0.25, -0.2) is 4.79 Å². The molecule has 0 unspecified atom stereocenters. The maximum absolute atomic E-state index is 12.3. The fourth-order valence-electron chi connectivity index (χ4n) is 2.57. The van der Waals surface area contributed by atoms with E-state index < -0.39 is 24.7 Å². The summed E-state index contributed by atoms with van der Waals surface area (Å²) in [6.07, 6.45) is -3.63. The molecule has 0 heterocycles. The van der Waals surface area contributed by atoms with Gasteiger partial charge in [-0.1, -0.05) is 19.1 Å². The Bertz CT molecular complexity index is 640. The summed E-state index contributed by atoms with van der Waals surface area (Å²) >= 11 is 0. The largest absolute Gasteiger partial charge is 0.484 e. The van der Waals surface area contributed by atoms with Crippen LogP contribution in [0.3, 0.4) is 0 Å². The molecule has 9 heteroatoms. The highest BCUT2D eigenvalue weighted by atomic mass is 19.4. The van der Waals surface area contributed by atoms with Gasteiger partial charge in [-0.15, -0.1) is 0 Å². The number of alkyl halides is 3. The second kappa shape index (κ2) is 10.1. The van der Waals surface area contributed by atoms with E-state index in [4.69, 9.17) is 4.74 Å². The molecule has 0 aliphatic carbocycles. The molecule has 1 aromatic rings. The van der Waals surface area contributed by atoms with E-state index >= 15 is 0 Å². The normalized spacial score (nSPS) is 11.4. The maximum atomic E-state index is 12.3. The van der Waals surface area contributed by atoms with Crippen LogP contribution in [0.4, 0.5) is 18.0 Å². The summed E-state index contributed by atoms with van der Waals surface area (Å²) in [5.41, 5.74) is 2.01. The van der Waals surface area contributed by atoms with Crippen LogP contribution in [0.5, 0.6) is 5.75 Å². The zero-order valence-electron chi connectivity index (χ0n) is 16.0. The molecule has 0 aliphatic rings. The number of urea groups is 1. The summed E-state index contributed by atoms with van der Waals surface area (Å²) in [7, 11) is 1.71. The lowest BCUT2D eigenvalue weighted by atomic mass is 10.1. The van der Waals surface area contributed by atoms with Crippen LogP contribution in [0, 0.1) is 13.8 Å². The molecule has 0 saturated carbocycles. The number of nitrogens with one attached hydrogen (secondary N) is 2. The molecular weight excluding hydrogens is 363 g/mol. The molecule has 0 radical (unpaired) electrons. The van der Waals surface area contributed by atoms with Crippen LogP contribution in [0.1, 0.15) is 30.0 Å². The summed E-state index contributed by atoms with van der Waals surface area (Å²) in [5.74, 6) is -0.228. The van der Waals surface area contributed by atoms with Crippen molar-refractivity contribution in [1.29, 1.82) is 0 Å². The number of hydrogen-bond acceptors (Lipinski definition) is 4. The Morgan fingerprint density at radius 3 is 2.30 bits per heavy atom. The van der Waals surface area contributed by atoms with Crippen molar-refractivity contribution < 1.29 is 27.5 Å². The van der Waals surface area contributed by atoms with E-state index in [2.05, 4.69) is 10.6 Å². The quantitative estimate of drug-likeness (QED) is 0.717. The number of imide groups is 1. The summed E-state index contributed by atoms with van der Waals surface area (Å²) in [6, 6.07) is 2.91. The average molecular weight is 389 g/mol. The topological polar surface area (TPSA) is 70.7 Å². The molecule has 0 aromatic heterocycles. The number of rotatable bonds is 8. The van der Waals surface area contributed by atoms with Gasteiger partial charge < -0.3 is 10.1 Å². The lowest BCUT2D eigenvalue weighted by Gasteiger charge is -2.19. The molecular formula is C18H26F3N3O3. The second-order valence-corrected chi connectivity index (χ2v) is 6.44. The predicted octanol–water partition coefficient (Wildman–Crippen LogP) is 2.91. The number of hydrogen-bond donors (Lipinski definition) is 2. The lowest BCUT2D eigenvalue weighted by Crippen LogP contribution is -2.43. The Labute approximate surface area is 157 Å². The highest BCUT2D eigenvalue weighted by Gasteiger charge is 2.29. The monoisotopic (exact) mass is 389 g/mol. The Balaban J connectivity index is 2.63. The van der Waals surface area contributed by atoms with Crippen LogP contribution >= 0.6 is 0 Å². The highest BCUT2D eigenvalue weighted by Crippen LogP contribution is 2.27. The van der Waals surface area contributed by atoms with Crippen molar-refractivity contribution in [2.45, 2.75) is 39.9 Å². The number of likely N-dealkylation sites (N-methyl/N-ethyl adjacent to an activating group) is 1. The van der Waals surface area contributed by atoms with Crippen molar-refractivity contribution >= 4 is 11.9 Å². The summed E-state index contributed by atoms with van der Waals surface area (Å²) < 4.78 is 41.9. The number of halogens is 3. The molecule has 0 aliphatic heterocycles. The molecule has 1 rings (SSSR count). The minimum absolute atomic E-state index is 0.00393. The van der Waals surface area contributed by atoms with E-state index in [9.17, 15) is 22.8 Å². The SMILES string of the molecule is CCCNC(=O)NC(=O)CN(C)Cc1cc(C)c(OCC(F)(F)F)c(C)c1. The number of carbonyl (C=O) groups is 2. The first-order valence-electron chi connectivity index (χ1n) is 8.57. The molecule has 0 saturated heterocycles. The van der Waals surface area contributed by atoms with Gasteiger partial charge in [0, 0.05) is 13.1 Å². The highest BCUT2D eigenvalue weighted by molar-refractivity contribution is 5.95. The number of benzene rings is 1. The van der Waals surface area contributed by atoms with Gasteiger partial charge in [0.25, 0.3) is 0 Å². The first-order chi connectivity index (χ1) is 12.5. The fourth-order valence-corrected chi connectivity index (χ4v) is 2.57. The van der Waals surface area contributed by atoms with E-state index in [0.29, 0.717) is 24.2 Å². The van der Waals surface area contributed by atoms with Crippen molar-refractivity contribution in [2.75, 3.05) is 26.7 Å². The van der Waals surface area contributed by atoms with Crippen molar-refractivity contribution in [3.05, 3.63) is 28.8 Å². The van der Waals surface area contributed by atoms with E-state index in [0.717, 1.165) is 12.0 Å². The van der Waals surface area contributed by atoms with Gasteiger partial charge in [-0.2, -0.15) is 13.2 Å². The predicted molar refractivity (Wildman–Crippen MR) is 95.6 cm³/mol.